The molecular formula is C27H33N9O5. The molecule has 2 aliphatic rings. The molecule has 4 aromatic heterocycles. The summed E-state index contributed by atoms with van der Waals surface area (Å²) in [5.74, 6) is 0.164. The average Bonchev–Trinajstić information content (AvgIpc) is 3.19. The molecule has 0 aromatic carbocycles. The van der Waals surface area contributed by atoms with Crippen molar-refractivity contribution in [1.29, 1.82) is 0 Å². The molecule has 0 spiro atoms. The van der Waals surface area contributed by atoms with E-state index in [0.717, 1.165) is 0 Å². The maximum absolute atomic E-state index is 13.6. The number of methoxy groups -OCH3 is 1. The summed E-state index contributed by atoms with van der Waals surface area (Å²) < 4.78 is 67.5. The zero-order chi connectivity index (χ0) is 35.0. The van der Waals surface area contributed by atoms with Crippen LogP contribution in [0.5, 0.6) is 5.88 Å². The summed E-state index contributed by atoms with van der Waals surface area (Å²) in [5.41, 5.74) is 4.42. The molecule has 14 nitrogen and oxygen atoms in total. The number of pyridine rings is 2. The van der Waals surface area contributed by atoms with Crippen LogP contribution in [-0.2, 0) is 22.0 Å². The number of carbonyl (C=O) groups is 2. The van der Waals surface area contributed by atoms with Gasteiger partial charge in [0.25, 0.3) is 0 Å². The molecule has 6 rings (SSSR count). The van der Waals surface area contributed by atoms with Gasteiger partial charge in [0.1, 0.15) is 17.2 Å². The summed E-state index contributed by atoms with van der Waals surface area (Å²) in [6, 6.07) is 2.42. The lowest BCUT2D eigenvalue weighted by Gasteiger charge is -2.15. The maximum Gasteiger partial charge on any atom is 0.407 e. The first-order chi connectivity index (χ1) is 22.4. The number of alkyl carbamates (subject to hydrolysis) is 1. The molecule has 2 fully saturated rings. The number of imidazole rings is 1. The van der Waals surface area contributed by atoms with E-state index >= 15 is 0 Å². The molecule has 216 valence electrons. The number of fused-ring (bicyclic) bond motifs is 2. The van der Waals surface area contributed by atoms with Crippen molar-refractivity contribution in [2.45, 2.75) is 57.1 Å². The number of nitrogens with two attached hydrogens (primary N) is 1. The van der Waals surface area contributed by atoms with E-state index < -0.39 is 49.3 Å². The van der Waals surface area contributed by atoms with Crippen molar-refractivity contribution in [2.75, 3.05) is 19.0 Å². The third kappa shape index (κ3) is 4.24. The number of rotatable bonds is 8. The van der Waals surface area contributed by atoms with Crippen molar-refractivity contribution in [3.63, 3.8) is 0 Å². The number of amides is 2. The van der Waals surface area contributed by atoms with Crippen LogP contribution in [0.25, 0.3) is 22.1 Å². The predicted molar refractivity (Wildman–Crippen MR) is 150 cm³/mol. The lowest BCUT2D eigenvalue weighted by molar-refractivity contribution is -0.123. The van der Waals surface area contributed by atoms with Crippen LogP contribution in [-0.4, -0.2) is 60.5 Å². The molecule has 0 saturated heterocycles. The van der Waals surface area contributed by atoms with Gasteiger partial charge in [-0.1, -0.05) is 6.92 Å². The van der Waals surface area contributed by atoms with Crippen LogP contribution in [0, 0.1) is 5.92 Å². The quantitative estimate of drug-likeness (QED) is 0.287. The van der Waals surface area contributed by atoms with E-state index in [2.05, 4.69) is 25.5 Å². The van der Waals surface area contributed by atoms with Crippen LogP contribution in [0.2, 0.25) is 0 Å². The summed E-state index contributed by atoms with van der Waals surface area (Å²) in [7, 11) is -3.01. The molecule has 2 saturated carbocycles. The first-order valence-electron chi connectivity index (χ1n) is 16.6. The Morgan fingerprint density at radius 2 is 2.12 bits per heavy atom. The van der Waals surface area contributed by atoms with Crippen LogP contribution in [0.1, 0.15) is 55.2 Å². The second kappa shape index (κ2) is 9.78. The van der Waals surface area contributed by atoms with Gasteiger partial charge >= 0.3 is 11.8 Å². The highest BCUT2D eigenvalue weighted by Gasteiger charge is 2.60. The second-order valence-electron chi connectivity index (χ2n) is 10.3. The first-order valence-corrected chi connectivity index (χ1v) is 13.1. The molecule has 41 heavy (non-hydrogen) atoms. The third-order valence-electron chi connectivity index (χ3n) is 7.87. The topological polar surface area (TPSA) is 173 Å². The Morgan fingerprint density at radius 3 is 2.83 bits per heavy atom. The fraction of sp³-hybridized carbons (Fsp3) is 0.481. The lowest BCUT2D eigenvalue weighted by atomic mass is 10.2. The van der Waals surface area contributed by atoms with Gasteiger partial charge in [-0.25, -0.2) is 24.2 Å². The van der Waals surface area contributed by atoms with E-state index in [9.17, 15) is 14.4 Å². The minimum Gasteiger partial charge on any atom is -0.476 e. The van der Waals surface area contributed by atoms with Gasteiger partial charge in [0.05, 0.1) is 41.7 Å². The minimum absolute atomic E-state index is 0.0109. The van der Waals surface area contributed by atoms with Gasteiger partial charge in [0.2, 0.25) is 11.8 Å². The van der Waals surface area contributed by atoms with E-state index in [1.165, 1.54) is 21.5 Å². The average molecular weight is 571 g/mol. The molecule has 0 aliphatic heterocycles. The predicted octanol–water partition coefficient (Wildman–Crippen LogP) is 2.29. The van der Waals surface area contributed by atoms with E-state index in [1.807, 2.05) is 6.92 Å². The molecule has 2 amide bonds. The van der Waals surface area contributed by atoms with Crippen LogP contribution < -0.4 is 26.8 Å². The zero-order valence-corrected chi connectivity index (χ0v) is 22.3. The smallest absolute Gasteiger partial charge is 0.407 e. The van der Waals surface area contributed by atoms with E-state index in [-0.39, 0.29) is 42.0 Å². The summed E-state index contributed by atoms with van der Waals surface area (Å²) in [4.78, 5) is 47.3. The van der Waals surface area contributed by atoms with Gasteiger partial charge in [-0.2, -0.15) is 0 Å². The van der Waals surface area contributed by atoms with Crippen LogP contribution in [0.4, 0.5) is 16.4 Å². The number of nitrogens with one attached hydrogen (secondary N) is 2. The molecule has 4 unspecified atom stereocenters. The Morgan fingerprint density at radius 1 is 1.29 bits per heavy atom. The fourth-order valence-corrected chi connectivity index (χ4v) is 5.71. The largest absolute Gasteiger partial charge is 0.476 e. The number of aryl methyl sites for hydroxylation is 1. The summed E-state index contributed by atoms with van der Waals surface area (Å²) >= 11 is 0. The number of nitrogens with zero attached hydrogens (tertiary/aromatic N) is 6. The number of hydrogen-bond acceptors (Lipinski definition) is 9. The SMILES string of the molecule is [2H]C1(NC(=O)OC([2H])([2H])[2H])CCC(n2c(=O)n(C([2H])([2H])[2H])c3cnc(Nc4ccc5c(OCC)nn(C6(C(N)=O)CC6C)c5n4)cc32)C1. The van der Waals surface area contributed by atoms with E-state index in [0.29, 0.717) is 40.3 Å². The molecular weight excluding hydrogens is 530 g/mol. The standard InChI is InChI=1S/C27H33N9O5/c1-5-41-23-17-8-9-20(32-22(17)36(33-23)27(24(28)37)12-14(27)2)31-21-11-18-19(13-29-21)34(3)26(39)35(18)16-7-6-15(10-16)30-25(38)40-4/h8-9,11,13-16H,5-7,10,12H2,1-4H3,(H2,28,37)(H,30,38)(H,29,31,32)/i3D3,4D3,15D. The normalized spacial score (nSPS) is 28.5. The molecule has 0 bridgehead atoms. The van der Waals surface area contributed by atoms with Crippen molar-refractivity contribution >= 4 is 45.7 Å². The summed E-state index contributed by atoms with van der Waals surface area (Å²) in [5, 5.41) is 10.4. The van der Waals surface area contributed by atoms with Gasteiger partial charge in [0.15, 0.2) is 5.65 Å². The fourth-order valence-electron chi connectivity index (χ4n) is 5.71. The molecule has 2 aliphatic carbocycles. The highest BCUT2D eigenvalue weighted by molar-refractivity contribution is 5.91. The third-order valence-corrected chi connectivity index (χ3v) is 7.87. The molecule has 4 N–H and O–H groups in total. The Kier molecular flexibility index (Phi) is 4.64. The summed E-state index contributed by atoms with van der Waals surface area (Å²) in [6.07, 6.45) is 0.489. The highest BCUT2D eigenvalue weighted by atomic mass is 16.5. The van der Waals surface area contributed by atoms with Crippen molar-refractivity contribution in [3.8, 4) is 5.88 Å². The van der Waals surface area contributed by atoms with Gasteiger partial charge in [-0.3, -0.25) is 13.9 Å². The van der Waals surface area contributed by atoms with Crippen LogP contribution in [0.15, 0.2) is 29.2 Å². The van der Waals surface area contributed by atoms with E-state index in [1.54, 1.807) is 19.1 Å². The number of carbonyl (C=O) groups excluding carboxylic acids is 2. The van der Waals surface area contributed by atoms with Crippen molar-refractivity contribution in [3.05, 3.63) is 34.9 Å². The van der Waals surface area contributed by atoms with Crippen molar-refractivity contribution in [2.24, 2.45) is 18.6 Å². The number of hydrogen-bond donors (Lipinski definition) is 3. The van der Waals surface area contributed by atoms with Crippen LogP contribution >= 0.6 is 0 Å². The van der Waals surface area contributed by atoms with Gasteiger partial charge < -0.3 is 25.8 Å². The molecule has 0 radical (unpaired) electrons. The highest BCUT2D eigenvalue weighted by Crippen LogP contribution is 2.51. The van der Waals surface area contributed by atoms with Crippen molar-refractivity contribution in [1.82, 2.24) is 34.2 Å². The second-order valence-corrected chi connectivity index (χ2v) is 10.3. The molecule has 4 aromatic rings. The zero-order valence-electron chi connectivity index (χ0n) is 29.3. The van der Waals surface area contributed by atoms with Gasteiger partial charge in [-0.15, -0.1) is 5.10 Å². The Balaban J connectivity index is 1.37. The number of ether oxygens (including phenoxy) is 2. The van der Waals surface area contributed by atoms with Gasteiger partial charge in [0, 0.05) is 29.2 Å². The summed E-state index contributed by atoms with van der Waals surface area (Å²) in [6.45, 7) is 1.16. The maximum atomic E-state index is 13.6. The van der Waals surface area contributed by atoms with Crippen molar-refractivity contribution < 1.29 is 28.7 Å². The molecule has 4 atom stereocenters. The Labute approximate surface area is 244 Å². The Bertz CT molecular complexity index is 2010. The first kappa shape index (κ1) is 19.5. The van der Waals surface area contributed by atoms with E-state index in [4.69, 9.17) is 25.0 Å². The number of anilines is 2. The van der Waals surface area contributed by atoms with Gasteiger partial charge in [-0.05, 0) is 50.7 Å². The molecule has 4 heterocycles. The molecule has 14 heteroatoms. The lowest BCUT2D eigenvalue weighted by Crippen LogP contribution is -2.36. The number of aromatic nitrogens is 6. The monoisotopic (exact) mass is 570 g/mol. The number of primary amides is 1. The minimum atomic E-state index is -3.01. The Hall–Kier alpha value is -4.62. The van der Waals surface area contributed by atoms with Crippen LogP contribution in [0.3, 0.4) is 0 Å².